The lowest BCUT2D eigenvalue weighted by Crippen LogP contribution is -2.08. The minimum atomic E-state index is -1.66. The maximum absolute atomic E-state index is 13.6. The minimum Gasteiger partial charge on any atom is -0.483 e. The van der Waals surface area contributed by atoms with Gasteiger partial charge in [0.25, 0.3) is 0 Å². The molecule has 0 radical (unpaired) electrons. The van der Waals surface area contributed by atoms with E-state index in [1.807, 2.05) is 0 Å². The fraction of sp³-hybridized carbons (Fsp3) is 0.143. The molecule has 0 bridgehead atoms. The summed E-state index contributed by atoms with van der Waals surface area (Å²) in [5, 5.41) is 8.69. The van der Waals surface area contributed by atoms with Crippen molar-refractivity contribution in [2.45, 2.75) is 13.2 Å². The van der Waals surface area contributed by atoms with Crippen LogP contribution in [0.5, 0.6) is 5.75 Å². The predicted molar refractivity (Wildman–Crippen MR) is 63.0 cm³/mol. The van der Waals surface area contributed by atoms with E-state index in [9.17, 15) is 17.6 Å². The third-order valence-electron chi connectivity index (χ3n) is 2.70. The molecule has 6 heteroatoms. The summed E-state index contributed by atoms with van der Waals surface area (Å²) in [6.45, 7) is -1.39. The van der Waals surface area contributed by atoms with Gasteiger partial charge in [0.15, 0.2) is 17.4 Å². The molecule has 2 aromatic rings. The van der Waals surface area contributed by atoms with Crippen LogP contribution < -0.4 is 4.74 Å². The Morgan fingerprint density at radius 1 is 0.850 bits per heavy atom. The highest BCUT2D eigenvalue weighted by molar-refractivity contribution is 5.34. The Kier molecular flexibility index (Phi) is 4.24. The Labute approximate surface area is 112 Å². The summed E-state index contributed by atoms with van der Waals surface area (Å²) in [6.07, 6.45) is 0. The number of ether oxygens (including phenoxy) is 1. The third kappa shape index (κ3) is 2.60. The zero-order valence-electron chi connectivity index (χ0n) is 10.2. The van der Waals surface area contributed by atoms with Gasteiger partial charge < -0.3 is 9.84 Å². The van der Waals surface area contributed by atoms with Gasteiger partial charge in [-0.3, -0.25) is 0 Å². The molecule has 0 aliphatic heterocycles. The largest absolute Gasteiger partial charge is 0.483 e. The van der Waals surface area contributed by atoms with Crippen molar-refractivity contribution in [3.8, 4) is 5.75 Å². The number of hydrogen-bond donors (Lipinski definition) is 1. The van der Waals surface area contributed by atoms with Crippen LogP contribution in [0.1, 0.15) is 11.1 Å². The Bertz CT molecular complexity index is 585. The molecule has 0 aromatic heterocycles. The van der Waals surface area contributed by atoms with Crippen molar-refractivity contribution >= 4 is 0 Å². The molecule has 0 amide bonds. The summed E-state index contributed by atoms with van der Waals surface area (Å²) in [5.74, 6) is -7.78. The average molecular weight is 286 g/mol. The standard InChI is InChI=1S/C14H10F4O2/c15-10-9(6-19)11(16)13(18)14(12(10)17)20-7-8-4-2-1-3-5-8/h1-5,19H,6-7H2. The molecule has 0 fully saturated rings. The van der Waals surface area contributed by atoms with Crippen molar-refractivity contribution in [3.63, 3.8) is 0 Å². The maximum atomic E-state index is 13.6. The lowest BCUT2D eigenvalue weighted by molar-refractivity contribution is 0.242. The van der Waals surface area contributed by atoms with Gasteiger partial charge in [0.1, 0.15) is 6.61 Å². The number of halogens is 4. The van der Waals surface area contributed by atoms with E-state index in [0.717, 1.165) is 0 Å². The lowest BCUT2D eigenvalue weighted by atomic mass is 10.1. The van der Waals surface area contributed by atoms with E-state index < -0.39 is 41.2 Å². The number of aliphatic hydroxyl groups excluding tert-OH is 1. The normalized spacial score (nSPS) is 10.7. The molecule has 0 atom stereocenters. The average Bonchev–Trinajstić information content (AvgIpc) is 2.47. The van der Waals surface area contributed by atoms with E-state index in [1.165, 1.54) is 0 Å². The van der Waals surface area contributed by atoms with Crippen LogP contribution in [0.3, 0.4) is 0 Å². The zero-order chi connectivity index (χ0) is 14.7. The van der Waals surface area contributed by atoms with E-state index in [-0.39, 0.29) is 6.61 Å². The summed E-state index contributed by atoms with van der Waals surface area (Å²) in [4.78, 5) is 0. The smallest absolute Gasteiger partial charge is 0.204 e. The molecule has 0 aliphatic rings. The number of aliphatic hydroxyl groups is 1. The molecular formula is C14H10F4O2. The van der Waals surface area contributed by atoms with E-state index in [4.69, 9.17) is 9.84 Å². The lowest BCUT2D eigenvalue weighted by Gasteiger charge is -2.12. The molecule has 106 valence electrons. The summed E-state index contributed by atoms with van der Waals surface area (Å²) in [7, 11) is 0. The molecule has 0 saturated carbocycles. The highest BCUT2D eigenvalue weighted by atomic mass is 19.2. The number of benzene rings is 2. The van der Waals surface area contributed by atoms with Crippen LogP contribution in [0.2, 0.25) is 0 Å². The Morgan fingerprint density at radius 3 is 1.90 bits per heavy atom. The molecule has 0 saturated heterocycles. The maximum Gasteiger partial charge on any atom is 0.204 e. The monoisotopic (exact) mass is 286 g/mol. The quantitative estimate of drug-likeness (QED) is 0.690. The SMILES string of the molecule is OCc1c(F)c(F)c(OCc2ccccc2)c(F)c1F. The zero-order valence-corrected chi connectivity index (χ0v) is 10.2. The van der Waals surface area contributed by atoms with Crippen LogP contribution in [0.25, 0.3) is 0 Å². The van der Waals surface area contributed by atoms with Gasteiger partial charge in [-0.25, -0.2) is 8.78 Å². The molecule has 0 aliphatic carbocycles. The van der Waals surface area contributed by atoms with E-state index in [1.54, 1.807) is 30.3 Å². The van der Waals surface area contributed by atoms with Crippen LogP contribution in [0, 0.1) is 23.3 Å². The fourth-order valence-electron chi connectivity index (χ4n) is 1.65. The fourth-order valence-corrected chi connectivity index (χ4v) is 1.65. The molecule has 0 heterocycles. The minimum absolute atomic E-state index is 0.244. The van der Waals surface area contributed by atoms with Crippen LogP contribution >= 0.6 is 0 Å². The van der Waals surface area contributed by atoms with Gasteiger partial charge in [0, 0.05) is 0 Å². The van der Waals surface area contributed by atoms with Crippen molar-refractivity contribution in [2.24, 2.45) is 0 Å². The van der Waals surface area contributed by atoms with Crippen LogP contribution in [0.4, 0.5) is 17.6 Å². The molecule has 2 nitrogen and oxygen atoms in total. The molecule has 20 heavy (non-hydrogen) atoms. The van der Waals surface area contributed by atoms with Crippen LogP contribution in [-0.2, 0) is 13.2 Å². The number of hydrogen-bond acceptors (Lipinski definition) is 2. The second-order valence-electron chi connectivity index (χ2n) is 4.00. The van der Waals surface area contributed by atoms with Crippen molar-refractivity contribution in [2.75, 3.05) is 0 Å². The number of rotatable bonds is 4. The van der Waals surface area contributed by atoms with Crippen molar-refractivity contribution < 1.29 is 27.4 Å². The first-order valence-electron chi connectivity index (χ1n) is 5.68. The van der Waals surface area contributed by atoms with E-state index >= 15 is 0 Å². The second kappa shape index (κ2) is 5.92. The van der Waals surface area contributed by atoms with Crippen LogP contribution in [0.15, 0.2) is 30.3 Å². The highest BCUT2D eigenvalue weighted by Crippen LogP contribution is 2.30. The first-order valence-corrected chi connectivity index (χ1v) is 5.68. The van der Waals surface area contributed by atoms with Gasteiger partial charge in [-0.2, -0.15) is 8.78 Å². The van der Waals surface area contributed by atoms with Gasteiger partial charge in [0.05, 0.1) is 12.2 Å². The first kappa shape index (κ1) is 14.3. The molecule has 2 aromatic carbocycles. The van der Waals surface area contributed by atoms with Crippen molar-refractivity contribution in [1.82, 2.24) is 0 Å². The summed E-state index contributed by atoms with van der Waals surface area (Å²) in [5.41, 5.74) is -0.481. The van der Waals surface area contributed by atoms with Gasteiger partial charge in [0.2, 0.25) is 11.6 Å². The summed E-state index contributed by atoms with van der Waals surface area (Å²) < 4.78 is 58.8. The van der Waals surface area contributed by atoms with Crippen LogP contribution in [-0.4, -0.2) is 5.11 Å². The highest BCUT2D eigenvalue weighted by Gasteiger charge is 2.26. The summed E-state index contributed by atoms with van der Waals surface area (Å²) >= 11 is 0. The predicted octanol–water partition coefficient (Wildman–Crippen LogP) is 3.31. The first-order chi connectivity index (χ1) is 9.56. The third-order valence-corrected chi connectivity index (χ3v) is 2.70. The molecule has 1 N–H and O–H groups in total. The molecule has 0 unspecified atom stereocenters. The molecular weight excluding hydrogens is 276 g/mol. The van der Waals surface area contributed by atoms with Gasteiger partial charge >= 0.3 is 0 Å². The Balaban J connectivity index is 2.33. The topological polar surface area (TPSA) is 29.5 Å². The van der Waals surface area contributed by atoms with E-state index in [2.05, 4.69) is 0 Å². The van der Waals surface area contributed by atoms with E-state index in [0.29, 0.717) is 5.56 Å². The molecule has 0 spiro atoms. The van der Waals surface area contributed by atoms with Crippen molar-refractivity contribution in [1.29, 1.82) is 0 Å². The Morgan fingerprint density at radius 2 is 1.40 bits per heavy atom. The van der Waals surface area contributed by atoms with Gasteiger partial charge in [-0.1, -0.05) is 30.3 Å². The molecule has 2 rings (SSSR count). The van der Waals surface area contributed by atoms with Crippen molar-refractivity contribution in [3.05, 3.63) is 64.7 Å². The second-order valence-corrected chi connectivity index (χ2v) is 4.00. The Hall–Kier alpha value is -2.08. The van der Waals surface area contributed by atoms with Gasteiger partial charge in [-0.05, 0) is 5.56 Å². The van der Waals surface area contributed by atoms with Gasteiger partial charge in [-0.15, -0.1) is 0 Å². The summed E-state index contributed by atoms with van der Waals surface area (Å²) in [6, 6.07) is 8.36.